The highest BCUT2D eigenvalue weighted by atomic mass is 14.9. The van der Waals surface area contributed by atoms with Gasteiger partial charge < -0.3 is 5.32 Å². The van der Waals surface area contributed by atoms with Gasteiger partial charge in [0.15, 0.2) is 0 Å². The normalized spacial score (nSPS) is 13.6. The Morgan fingerprint density at radius 2 is 1.41 bits per heavy atom. The third kappa shape index (κ3) is 8.65. The van der Waals surface area contributed by atoms with Crippen LogP contribution in [0.1, 0.15) is 79.6 Å². The van der Waals surface area contributed by atoms with Gasteiger partial charge in [-0.1, -0.05) is 60.3 Å². The highest BCUT2D eigenvalue weighted by Gasteiger charge is 2.18. The molecule has 1 heteroatoms. The number of nitrogens with one attached hydrogen (secondary N) is 1. The first kappa shape index (κ1) is 17.0. The van der Waals surface area contributed by atoms with Gasteiger partial charge in [-0.3, -0.25) is 0 Å². The van der Waals surface area contributed by atoms with Gasteiger partial charge in [0.1, 0.15) is 0 Å². The van der Waals surface area contributed by atoms with Crippen LogP contribution >= 0.6 is 0 Å². The molecule has 0 rings (SSSR count). The Labute approximate surface area is 110 Å². The Morgan fingerprint density at radius 3 is 1.82 bits per heavy atom. The lowest BCUT2D eigenvalue weighted by molar-refractivity contribution is 0.290. The van der Waals surface area contributed by atoms with Crippen molar-refractivity contribution in [3.8, 4) is 0 Å². The molecule has 1 atom stereocenters. The topological polar surface area (TPSA) is 12.0 Å². The third-order valence-corrected chi connectivity index (χ3v) is 3.65. The number of hydrogen-bond acceptors (Lipinski definition) is 1. The molecule has 1 unspecified atom stereocenters. The molecule has 0 heterocycles. The summed E-state index contributed by atoms with van der Waals surface area (Å²) in [5.41, 5.74) is 0. The second-order valence-electron chi connectivity index (χ2n) is 5.83. The molecular weight excluding hydrogens is 206 g/mol. The second-order valence-corrected chi connectivity index (χ2v) is 5.83. The lowest BCUT2D eigenvalue weighted by Crippen LogP contribution is -2.36. The average molecular weight is 241 g/mol. The quantitative estimate of drug-likeness (QED) is 0.536. The monoisotopic (exact) mass is 241 g/mol. The molecule has 0 fully saturated rings. The lowest BCUT2D eigenvalue weighted by atomic mass is 9.87. The second kappa shape index (κ2) is 11.1. The molecule has 0 radical (unpaired) electrons. The molecule has 104 valence electrons. The Morgan fingerprint density at radius 1 is 0.824 bits per heavy atom. The molecule has 0 saturated carbocycles. The SMILES string of the molecule is CCCC(CCC)C(CCCC(C)C)NCC. The summed E-state index contributed by atoms with van der Waals surface area (Å²) in [7, 11) is 0. The first-order valence-electron chi connectivity index (χ1n) is 7.88. The minimum atomic E-state index is 0.763. The molecule has 0 spiro atoms. The van der Waals surface area contributed by atoms with Crippen LogP contribution in [0.3, 0.4) is 0 Å². The van der Waals surface area contributed by atoms with E-state index in [1.807, 2.05) is 0 Å². The minimum absolute atomic E-state index is 0.763. The van der Waals surface area contributed by atoms with Crippen molar-refractivity contribution in [2.24, 2.45) is 11.8 Å². The van der Waals surface area contributed by atoms with Crippen LogP contribution < -0.4 is 5.32 Å². The van der Waals surface area contributed by atoms with E-state index in [-0.39, 0.29) is 0 Å². The lowest BCUT2D eigenvalue weighted by Gasteiger charge is -2.28. The van der Waals surface area contributed by atoms with Crippen molar-refractivity contribution in [1.82, 2.24) is 5.32 Å². The van der Waals surface area contributed by atoms with Crippen molar-refractivity contribution < 1.29 is 0 Å². The maximum absolute atomic E-state index is 3.73. The van der Waals surface area contributed by atoms with Crippen LogP contribution in [0.4, 0.5) is 0 Å². The van der Waals surface area contributed by atoms with Gasteiger partial charge in [0.2, 0.25) is 0 Å². The first-order chi connectivity index (χ1) is 8.15. The zero-order valence-electron chi connectivity index (χ0n) is 12.9. The molecule has 1 nitrogen and oxygen atoms in total. The van der Waals surface area contributed by atoms with E-state index in [1.54, 1.807) is 0 Å². The fraction of sp³-hybridized carbons (Fsp3) is 1.00. The molecule has 0 aliphatic carbocycles. The van der Waals surface area contributed by atoms with Crippen molar-refractivity contribution in [2.75, 3.05) is 6.54 Å². The molecule has 0 bridgehead atoms. The summed E-state index contributed by atoms with van der Waals surface area (Å²) in [5, 5.41) is 3.73. The summed E-state index contributed by atoms with van der Waals surface area (Å²) in [5.74, 6) is 1.75. The highest BCUT2D eigenvalue weighted by molar-refractivity contribution is 4.76. The summed E-state index contributed by atoms with van der Waals surface area (Å²) in [4.78, 5) is 0. The molecule has 0 aromatic heterocycles. The van der Waals surface area contributed by atoms with Crippen molar-refractivity contribution >= 4 is 0 Å². The van der Waals surface area contributed by atoms with Gasteiger partial charge in [-0.25, -0.2) is 0 Å². The van der Waals surface area contributed by atoms with Gasteiger partial charge >= 0.3 is 0 Å². The van der Waals surface area contributed by atoms with Crippen molar-refractivity contribution in [2.45, 2.75) is 85.6 Å². The first-order valence-corrected chi connectivity index (χ1v) is 7.88. The van der Waals surface area contributed by atoms with Crippen LogP contribution in [0.15, 0.2) is 0 Å². The molecule has 0 aliphatic heterocycles. The molecule has 0 saturated heterocycles. The zero-order chi connectivity index (χ0) is 13.1. The van der Waals surface area contributed by atoms with E-state index in [9.17, 15) is 0 Å². The van der Waals surface area contributed by atoms with Gasteiger partial charge in [-0.15, -0.1) is 0 Å². The predicted molar refractivity (Wildman–Crippen MR) is 79.5 cm³/mol. The standard InChI is InChI=1S/C16H35N/c1-6-10-15(11-7-2)16(17-8-3)13-9-12-14(4)5/h14-17H,6-13H2,1-5H3. The zero-order valence-corrected chi connectivity index (χ0v) is 12.9. The fourth-order valence-corrected chi connectivity index (χ4v) is 2.80. The van der Waals surface area contributed by atoms with Crippen LogP contribution in [0.25, 0.3) is 0 Å². The van der Waals surface area contributed by atoms with Crippen molar-refractivity contribution in [1.29, 1.82) is 0 Å². The van der Waals surface area contributed by atoms with Crippen molar-refractivity contribution in [3.63, 3.8) is 0 Å². The van der Waals surface area contributed by atoms with E-state index in [0.717, 1.165) is 24.4 Å². The average Bonchev–Trinajstić information content (AvgIpc) is 2.27. The summed E-state index contributed by atoms with van der Waals surface area (Å²) in [6.45, 7) is 12.7. The van der Waals surface area contributed by atoms with E-state index in [4.69, 9.17) is 0 Å². The summed E-state index contributed by atoms with van der Waals surface area (Å²) in [6.07, 6.45) is 9.59. The number of hydrogen-bond donors (Lipinski definition) is 1. The van der Waals surface area contributed by atoms with Crippen LogP contribution in [0.2, 0.25) is 0 Å². The Balaban J connectivity index is 4.13. The third-order valence-electron chi connectivity index (χ3n) is 3.65. The molecule has 17 heavy (non-hydrogen) atoms. The predicted octanol–water partition coefficient (Wildman–Crippen LogP) is 5.01. The molecule has 0 aromatic carbocycles. The van der Waals surface area contributed by atoms with E-state index in [0.29, 0.717) is 0 Å². The highest BCUT2D eigenvalue weighted by Crippen LogP contribution is 2.22. The Bertz CT molecular complexity index is 148. The van der Waals surface area contributed by atoms with Crippen LogP contribution in [-0.4, -0.2) is 12.6 Å². The smallest absolute Gasteiger partial charge is 0.00952 e. The Hall–Kier alpha value is -0.0400. The van der Waals surface area contributed by atoms with Gasteiger partial charge in [0.05, 0.1) is 0 Å². The van der Waals surface area contributed by atoms with E-state index in [2.05, 4.69) is 39.9 Å². The van der Waals surface area contributed by atoms with Crippen molar-refractivity contribution in [3.05, 3.63) is 0 Å². The molecule has 0 aromatic rings. The molecular formula is C16H35N. The van der Waals surface area contributed by atoms with Gasteiger partial charge in [-0.05, 0) is 37.6 Å². The van der Waals surface area contributed by atoms with E-state index < -0.39 is 0 Å². The van der Waals surface area contributed by atoms with Gasteiger partial charge in [-0.2, -0.15) is 0 Å². The van der Waals surface area contributed by atoms with E-state index in [1.165, 1.54) is 44.9 Å². The maximum Gasteiger partial charge on any atom is 0.00952 e. The van der Waals surface area contributed by atoms with Gasteiger partial charge in [0.25, 0.3) is 0 Å². The molecule has 1 N–H and O–H groups in total. The summed E-state index contributed by atoms with van der Waals surface area (Å²) in [6, 6.07) is 0.763. The van der Waals surface area contributed by atoms with Crippen LogP contribution in [-0.2, 0) is 0 Å². The maximum atomic E-state index is 3.73. The van der Waals surface area contributed by atoms with E-state index >= 15 is 0 Å². The Kier molecular flexibility index (Phi) is 11.0. The molecule has 0 aliphatic rings. The summed E-state index contributed by atoms with van der Waals surface area (Å²) >= 11 is 0. The number of rotatable bonds is 11. The van der Waals surface area contributed by atoms with Crippen LogP contribution in [0, 0.1) is 11.8 Å². The summed E-state index contributed by atoms with van der Waals surface area (Å²) < 4.78 is 0. The molecule has 0 amide bonds. The largest absolute Gasteiger partial charge is 0.314 e. The minimum Gasteiger partial charge on any atom is -0.314 e. The fourth-order valence-electron chi connectivity index (χ4n) is 2.80. The van der Waals surface area contributed by atoms with Crippen LogP contribution in [0.5, 0.6) is 0 Å². The van der Waals surface area contributed by atoms with Gasteiger partial charge in [0, 0.05) is 6.04 Å².